The molecule has 7 heteroatoms. The van der Waals surface area contributed by atoms with E-state index in [1.165, 1.54) is 12.8 Å². The van der Waals surface area contributed by atoms with Gasteiger partial charge in [-0.05, 0) is 50.0 Å². The maximum absolute atomic E-state index is 5.43. The van der Waals surface area contributed by atoms with Gasteiger partial charge in [-0.2, -0.15) is 0 Å². The number of rotatable bonds is 6. The molecule has 2 unspecified atom stereocenters. The van der Waals surface area contributed by atoms with Gasteiger partial charge in [0.25, 0.3) is 0 Å². The van der Waals surface area contributed by atoms with Gasteiger partial charge in [0, 0.05) is 37.5 Å². The summed E-state index contributed by atoms with van der Waals surface area (Å²) in [6.45, 7) is 11.1. The van der Waals surface area contributed by atoms with Gasteiger partial charge in [0.05, 0.1) is 6.61 Å². The summed E-state index contributed by atoms with van der Waals surface area (Å²) >= 11 is 1.76. The van der Waals surface area contributed by atoms with Crippen LogP contribution in [0.15, 0.2) is 5.16 Å². The molecule has 1 aromatic heterocycles. The molecule has 6 nitrogen and oxygen atoms in total. The normalized spacial score (nSPS) is 24.8. The van der Waals surface area contributed by atoms with Crippen LogP contribution in [0.3, 0.4) is 0 Å². The Morgan fingerprint density at radius 1 is 1.41 bits per heavy atom. The molecular formula is C15H29N5OS. The van der Waals surface area contributed by atoms with Crippen molar-refractivity contribution < 1.29 is 4.74 Å². The zero-order chi connectivity index (χ0) is 16.3. The number of hydrogen-bond acceptors (Lipinski definition) is 6. The van der Waals surface area contributed by atoms with Crippen LogP contribution in [0.25, 0.3) is 0 Å². The van der Waals surface area contributed by atoms with Gasteiger partial charge in [-0.15, -0.1) is 5.10 Å². The maximum Gasteiger partial charge on any atom is 0.209 e. The largest absolute Gasteiger partial charge is 0.383 e. The summed E-state index contributed by atoms with van der Waals surface area (Å²) in [5.74, 6) is 0.711. The first-order valence-corrected chi connectivity index (χ1v) is 8.84. The first kappa shape index (κ1) is 17.7. The molecule has 3 atom stereocenters. The minimum Gasteiger partial charge on any atom is -0.383 e. The van der Waals surface area contributed by atoms with Crippen molar-refractivity contribution in [2.45, 2.75) is 62.5 Å². The van der Waals surface area contributed by atoms with Crippen molar-refractivity contribution in [1.29, 1.82) is 0 Å². The standard InChI is InChI=1S/C15H29N5OS/c1-11(22-14-16-17-18-19(14)5)7-12-8-13(10-21-6)20(9-12)15(2,3)4/h11-13H,7-10H2,1-6H3/t11?,12?,13-/m0/s1. The summed E-state index contributed by atoms with van der Waals surface area (Å²) in [5.41, 5.74) is 0.196. The fraction of sp³-hybridized carbons (Fsp3) is 0.933. The Bertz CT molecular complexity index is 473. The van der Waals surface area contributed by atoms with Crippen LogP contribution in [-0.2, 0) is 11.8 Å². The lowest BCUT2D eigenvalue weighted by atomic mass is 10.0. The van der Waals surface area contributed by atoms with Gasteiger partial charge < -0.3 is 4.74 Å². The highest BCUT2D eigenvalue weighted by Gasteiger charge is 2.38. The average Bonchev–Trinajstić information content (AvgIpc) is 2.97. The minimum absolute atomic E-state index is 0.196. The summed E-state index contributed by atoms with van der Waals surface area (Å²) in [5, 5.41) is 13.1. The third-order valence-corrected chi connectivity index (χ3v) is 5.43. The van der Waals surface area contributed by atoms with Crippen LogP contribution in [0, 0.1) is 5.92 Å². The number of nitrogens with zero attached hydrogens (tertiary/aromatic N) is 5. The summed E-state index contributed by atoms with van der Waals surface area (Å²) < 4.78 is 7.17. The number of thioether (sulfide) groups is 1. The summed E-state index contributed by atoms with van der Waals surface area (Å²) in [7, 11) is 3.69. The van der Waals surface area contributed by atoms with Crippen molar-refractivity contribution in [1.82, 2.24) is 25.1 Å². The van der Waals surface area contributed by atoms with E-state index in [2.05, 4.69) is 48.1 Å². The molecule has 0 radical (unpaired) electrons. The molecule has 126 valence electrons. The number of tetrazole rings is 1. The molecule has 0 aromatic carbocycles. The van der Waals surface area contributed by atoms with Crippen molar-refractivity contribution in [3.8, 4) is 0 Å². The number of aryl methyl sites for hydroxylation is 1. The van der Waals surface area contributed by atoms with Crippen LogP contribution >= 0.6 is 11.8 Å². The molecule has 2 rings (SSSR count). The Labute approximate surface area is 138 Å². The van der Waals surface area contributed by atoms with Crippen molar-refractivity contribution in [3.05, 3.63) is 0 Å². The number of aromatic nitrogens is 4. The van der Waals surface area contributed by atoms with Gasteiger partial charge in [0.2, 0.25) is 5.16 Å². The van der Waals surface area contributed by atoms with Crippen LogP contribution in [0.2, 0.25) is 0 Å². The molecule has 1 saturated heterocycles. The van der Waals surface area contributed by atoms with E-state index < -0.39 is 0 Å². The van der Waals surface area contributed by atoms with Crippen LogP contribution in [0.5, 0.6) is 0 Å². The summed E-state index contributed by atoms with van der Waals surface area (Å²) in [4.78, 5) is 2.60. The smallest absolute Gasteiger partial charge is 0.209 e. The average molecular weight is 327 g/mol. The van der Waals surface area contributed by atoms with E-state index in [9.17, 15) is 0 Å². The van der Waals surface area contributed by atoms with Gasteiger partial charge in [-0.1, -0.05) is 18.7 Å². The first-order chi connectivity index (χ1) is 10.3. The number of hydrogen-bond donors (Lipinski definition) is 0. The molecule has 1 aliphatic heterocycles. The quantitative estimate of drug-likeness (QED) is 0.747. The highest BCUT2D eigenvalue weighted by Crippen LogP contribution is 2.35. The molecular weight excluding hydrogens is 298 g/mol. The van der Waals surface area contributed by atoms with Gasteiger partial charge in [-0.25, -0.2) is 4.68 Å². The van der Waals surface area contributed by atoms with E-state index in [0.717, 1.165) is 18.3 Å². The van der Waals surface area contributed by atoms with Gasteiger partial charge in [0.1, 0.15) is 0 Å². The molecule has 1 aliphatic rings. The zero-order valence-electron chi connectivity index (χ0n) is 14.6. The van der Waals surface area contributed by atoms with E-state index in [4.69, 9.17) is 4.74 Å². The van der Waals surface area contributed by atoms with E-state index in [1.54, 1.807) is 23.6 Å². The van der Waals surface area contributed by atoms with Gasteiger partial charge in [-0.3, -0.25) is 4.90 Å². The van der Waals surface area contributed by atoms with E-state index in [0.29, 0.717) is 17.2 Å². The molecule has 1 aromatic rings. The monoisotopic (exact) mass is 327 g/mol. The third kappa shape index (κ3) is 4.43. The predicted molar refractivity (Wildman–Crippen MR) is 89.0 cm³/mol. The van der Waals surface area contributed by atoms with Crippen molar-refractivity contribution in [3.63, 3.8) is 0 Å². The highest BCUT2D eigenvalue weighted by molar-refractivity contribution is 7.99. The Balaban J connectivity index is 1.91. The van der Waals surface area contributed by atoms with Crippen LogP contribution < -0.4 is 0 Å². The fourth-order valence-corrected chi connectivity index (χ4v) is 4.38. The molecule has 0 spiro atoms. The van der Waals surface area contributed by atoms with Gasteiger partial charge >= 0.3 is 0 Å². The number of ether oxygens (including phenoxy) is 1. The molecule has 0 N–H and O–H groups in total. The lowest BCUT2D eigenvalue weighted by Crippen LogP contribution is -2.46. The Morgan fingerprint density at radius 2 is 2.14 bits per heavy atom. The highest BCUT2D eigenvalue weighted by atomic mass is 32.2. The van der Waals surface area contributed by atoms with Crippen molar-refractivity contribution in [2.75, 3.05) is 20.3 Å². The van der Waals surface area contributed by atoms with E-state index >= 15 is 0 Å². The second-order valence-electron chi connectivity index (χ2n) is 7.28. The molecule has 22 heavy (non-hydrogen) atoms. The van der Waals surface area contributed by atoms with Crippen molar-refractivity contribution in [2.24, 2.45) is 13.0 Å². The summed E-state index contributed by atoms with van der Waals surface area (Å²) in [6.07, 6.45) is 2.40. The third-order valence-electron chi connectivity index (χ3n) is 4.27. The predicted octanol–water partition coefficient (Wildman–Crippen LogP) is 2.22. The SMILES string of the molecule is COC[C@@H]1CC(CC(C)Sc2nnnn2C)CN1C(C)(C)C. The fourth-order valence-electron chi connectivity index (χ4n) is 3.38. The maximum atomic E-state index is 5.43. The Morgan fingerprint density at radius 3 is 2.68 bits per heavy atom. The van der Waals surface area contributed by atoms with E-state index in [1.807, 2.05) is 7.05 Å². The minimum atomic E-state index is 0.196. The van der Waals surface area contributed by atoms with E-state index in [-0.39, 0.29) is 5.54 Å². The lowest BCUT2D eigenvalue weighted by Gasteiger charge is -2.36. The molecule has 0 amide bonds. The molecule has 2 heterocycles. The van der Waals surface area contributed by atoms with Crippen LogP contribution in [0.1, 0.15) is 40.5 Å². The zero-order valence-corrected chi connectivity index (χ0v) is 15.4. The van der Waals surface area contributed by atoms with Crippen molar-refractivity contribution >= 4 is 11.8 Å². The Kier molecular flexibility index (Phi) is 5.85. The molecule has 0 bridgehead atoms. The molecule has 0 aliphatic carbocycles. The molecule has 0 saturated carbocycles. The first-order valence-electron chi connectivity index (χ1n) is 7.96. The summed E-state index contributed by atoms with van der Waals surface area (Å²) in [6, 6.07) is 0.531. The van der Waals surface area contributed by atoms with Gasteiger partial charge in [0.15, 0.2) is 0 Å². The molecule has 1 fully saturated rings. The van der Waals surface area contributed by atoms with Crippen LogP contribution in [0.4, 0.5) is 0 Å². The van der Waals surface area contributed by atoms with Crippen LogP contribution in [-0.4, -0.2) is 62.2 Å². The second-order valence-corrected chi connectivity index (χ2v) is 8.69. The topological polar surface area (TPSA) is 56.1 Å². The number of likely N-dealkylation sites (tertiary alicyclic amines) is 1. The number of methoxy groups -OCH3 is 1. The Hall–Kier alpha value is -0.660. The second kappa shape index (κ2) is 7.27. The lowest BCUT2D eigenvalue weighted by molar-refractivity contribution is 0.0597.